The topological polar surface area (TPSA) is 63.2 Å². The van der Waals surface area contributed by atoms with E-state index in [-0.39, 0.29) is 18.1 Å². The van der Waals surface area contributed by atoms with Crippen molar-refractivity contribution < 1.29 is 13.2 Å². The zero-order valence-electron chi connectivity index (χ0n) is 7.75. The molecule has 0 aliphatic heterocycles. The highest BCUT2D eigenvalue weighted by molar-refractivity contribution is 7.90. The van der Waals surface area contributed by atoms with Gasteiger partial charge in [0, 0.05) is 19.2 Å². The summed E-state index contributed by atoms with van der Waals surface area (Å²) in [5, 5.41) is 2.57. The van der Waals surface area contributed by atoms with E-state index in [0.717, 1.165) is 6.26 Å². The second kappa shape index (κ2) is 5.75. The summed E-state index contributed by atoms with van der Waals surface area (Å²) in [5.41, 5.74) is 0. The van der Waals surface area contributed by atoms with E-state index in [0.29, 0.717) is 13.0 Å². The van der Waals surface area contributed by atoms with E-state index in [4.69, 9.17) is 0 Å². The maximum atomic E-state index is 10.9. The molecule has 0 fully saturated rings. The molecule has 13 heavy (non-hydrogen) atoms. The molecule has 0 aliphatic rings. The Morgan fingerprint density at radius 3 is 2.62 bits per heavy atom. The molecule has 0 aromatic rings. The van der Waals surface area contributed by atoms with Crippen molar-refractivity contribution in [1.29, 1.82) is 0 Å². The second-order valence-corrected chi connectivity index (χ2v) is 5.09. The van der Waals surface area contributed by atoms with E-state index in [9.17, 15) is 13.2 Å². The molecule has 0 heterocycles. The third kappa shape index (κ3) is 9.07. The monoisotopic (exact) mass is 205 g/mol. The Bertz CT molecular complexity index is 269. The molecule has 0 aliphatic carbocycles. The molecule has 0 saturated carbocycles. The molecule has 0 bridgehead atoms. The van der Waals surface area contributed by atoms with Gasteiger partial charge >= 0.3 is 0 Å². The normalized spacial score (nSPS) is 10.8. The van der Waals surface area contributed by atoms with Crippen LogP contribution < -0.4 is 5.32 Å². The average molecular weight is 205 g/mol. The van der Waals surface area contributed by atoms with Crippen LogP contribution in [0.4, 0.5) is 0 Å². The van der Waals surface area contributed by atoms with Crippen molar-refractivity contribution in [2.45, 2.75) is 12.8 Å². The molecule has 0 unspecified atom stereocenters. The van der Waals surface area contributed by atoms with Crippen LogP contribution in [0.15, 0.2) is 12.7 Å². The molecule has 1 amide bonds. The van der Waals surface area contributed by atoms with Crippen LogP contribution in [0.2, 0.25) is 0 Å². The Morgan fingerprint density at radius 1 is 1.54 bits per heavy atom. The standard InChI is InChI=1S/C8H15NO3S/c1-3-6-9-8(10)5-4-7-13(2,11)12/h3H,1,4-7H2,2H3,(H,9,10). The largest absolute Gasteiger partial charge is 0.353 e. The third-order valence-electron chi connectivity index (χ3n) is 1.36. The minimum absolute atomic E-state index is 0.0640. The van der Waals surface area contributed by atoms with E-state index in [1.54, 1.807) is 6.08 Å². The van der Waals surface area contributed by atoms with E-state index < -0.39 is 9.84 Å². The predicted molar refractivity (Wildman–Crippen MR) is 52.2 cm³/mol. The lowest BCUT2D eigenvalue weighted by Gasteiger charge is -2.00. The van der Waals surface area contributed by atoms with E-state index in [2.05, 4.69) is 11.9 Å². The molecule has 0 rings (SSSR count). The fourth-order valence-corrected chi connectivity index (χ4v) is 1.44. The Balaban J connectivity index is 3.54. The molecule has 1 N–H and O–H groups in total. The van der Waals surface area contributed by atoms with Gasteiger partial charge < -0.3 is 5.32 Å². The lowest BCUT2D eigenvalue weighted by atomic mass is 10.3. The molecule has 0 saturated heterocycles. The van der Waals surface area contributed by atoms with Gasteiger partial charge in [0.25, 0.3) is 0 Å². The summed E-state index contributed by atoms with van der Waals surface area (Å²) in [7, 11) is -2.94. The first-order valence-corrected chi connectivity index (χ1v) is 6.07. The van der Waals surface area contributed by atoms with Gasteiger partial charge in [0.05, 0.1) is 5.75 Å². The summed E-state index contributed by atoms with van der Waals surface area (Å²) in [6.45, 7) is 3.87. The number of rotatable bonds is 6. The quantitative estimate of drug-likeness (QED) is 0.626. The number of sulfone groups is 1. The number of amides is 1. The lowest BCUT2D eigenvalue weighted by molar-refractivity contribution is -0.120. The van der Waals surface area contributed by atoms with Gasteiger partial charge in [-0.25, -0.2) is 8.42 Å². The molecular weight excluding hydrogens is 190 g/mol. The van der Waals surface area contributed by atoms with E-state index in [1.165, 1.54) is 0 Å². The van der Waals surface area contributed by atoms with Crippen LogP contribution in [-0.4, -0.2) is 32.9 Å². The molecule has 0 spiro atoms. The van der Waals surface area contributed by atoms with Crippen LogP contribution in [-0.2, 0) is 14.6 Å². The highest BCUT2D eigenvalue weighted by Crippen LogP contribution is 1.93. The first-order valence-electron chi connectivity index (χ1n) is 4.01. The second-order valence-electron chi connectivity index (χ2n) is 2.83. The van der Waals surface area contributed by atoms with Crippen LogP contribution in [0, 0.1) is 0 Å². The van der Waals surface area contributed by atoms with E-state index >= 15 is 0 Å². The van der Waals surface area contributed by atoms with Crippen molar-refractivity contribution >= 4 is 15.7 Å². The number of hydrogen-bond donors (Lipinski definition) is 1. The fourth-order valence-electron chi connectivity index (χ4n) is 0.769. The van der Waals surface area contributed by atoms with Crippen LogP contribution >= 0.6 is 0 Å². The Hall–Kier alpha value is -0.840. The molecule has 0 aromatic carbocycles. The number of carbonyl (C=O) groups is 1. The average Bonchev–Trinajstić information content (AvgIpc) is 1.98. The molecular formula is C8H15NO3S. The minimum Gasteiger partial charge on any atom is -0.353 e. The van der Waals surface area contributed by atoms with Gasteiger partial charge in [0.1, 0.15) is 9.84 Å². The number of nitrogens with one attached hydrogen (secondary N) is 1. The van der Waals surface area contributed by atoms with Gasteiger partial charge in [0.15, 0.2) is 0 Å². The Kier molecular flexibility index (Phi) is 5.37. The molecule has 76 valence electrons. The van der Waals surface area contributed by atoms with Crippen LogP contribution in [0.1, 0.15) is 12.8 Å². The summed E-state index contributed by atoms with van der Waals surface area (Å²) in [6, 6.07) is 0. The van der Waals surface area contributed by atoms with Gasteiger partial charge in [-0.2, -0.15) is 0 Å². The van der Waals surface area contributed by atoms with Crippen LogP contribution in [0.25, 0.3) is 0 Å². The smallest absolute Gasteiger partial charge is 0.220 e. The highest BCUT2D eigenvalue weighted by atomic mass is 32.2. The van der Waals surface area contributed by atoms with Gasteiger partial charge in [-0.3, -0.25) is 4.79 Å². The van der Waals surface area contributed by atoms with Gasteiger partial charge in [-0.05, 0) is 6.42 Å². The van der Waals surface area contributed by atoms with Crippen molar-refractivity contribution in [3.05, 3.63) is 12.7 Å². The number of carbonyl (C=O) groups excluding carboxylic acids is 1. The molecule has 4 nitrogen and oxygen atoms in total. The molecule has 5 heteroatoms. The van der Waals surface area contributed by atoms with Crippen molar-refractivity contribution in [3.63, 3.8) is 0 Å². The minimum atomic E-state index is -2.94. The van der Waals surface area contributed by atoms with Crippen molar-refractivity contribution in [1.82, 2.24) is 5.32 Å². The summed E-state index contributed by atoms with van der Waals surface area (Å²) in [4.78, 5) is 10.9. The summed E-state index contributed by atoms with van der Waals surface area (Å²) < 4.78 is 21.4. The van der Waals surface area contributed by atoms with Crippen molar-refractivity contribution in [2.75, 3.05) is 18.6 Å². The summed E-state index contributed by atoms with van der Waals surface area (Å²) in [5.74, 6) is -0.0716. The SMILES string of the molecule is C=CCNC(=O)CCCS(C)(=O)=O. The number of hydrogen-bond acceptors (Lipinski definition) is 3. The Labute approximate surface area is 78.9 Å². The first-order chi connectivity index (χ1) is 5.95. The molecule has 0 atom stereocenters. The first kappa shape index (κ1) is 12.2. The fraction of sp³-hybridized carbons (Fsp3) is 0.625. The van der Waals surface area contributed by atoms with Gasteiger partial charge in [-0.15, -0.1) is 6.58 Å². The maximum absolute atomic E-state index is 10.9. The van der Waals surface area contributed by atoms with E-state index in [1.807, 2.05) is 0 Å². The van der Waals surface area contributed by atoms with Gasteiger partial charge in [0.2, 0.25) is 5.91 Å². The van der Waals surface area contributed by atoms with Crippen molar-refractivity contribution in [3.8, 4) is 0 Å². The zero-order valence-corrected chi connectivity index (χ0v) is 8.56. The van der Waals surface area contributed by atoms with Crippen LogP contribution in [0.5, 0.6) is 0 Å². The third-order valence-corrected chi connectivity index (χ3v) is 2.39. The lowest BCUT2D eigenvalue weighted by Crippen LogP contribution is -2.23. The predicted octanol–water partition coefficient (Wildman–Crippen LogP) is 0.113. The van der Waals surface area contributed by atoms with Gasteiger partial charge in [-0.1, -0.05) is 6.08 Å². The molecule has 0 aromatic heterocycles. The maximum Gasteiger partial charge on any atom is 0.220 e. The molecule has 0 radical (unpaired) electrons. The highest BCUT2D eigenvalue weighted by Gasteiger charge is 2.04. The Morgan fingerprint density at radius 2 is 2.15 bits per heavy atom. The summed E-state index contributed by atoms with van der Waals surface area (Å²) in [6.07, 6.45) is 3.37. The van der Waals surface area contributed by atoms with Crippen LogP contribution in [0.3, 0.4) is 0 Å². The van der Waals surface area contributed by atoms with Crippen molar-refractivity contribution in [2.24, 2.45) is 0 Å². The zero-order chi connectivity index (χ0) is 10.3. The summed E-state index contributed by atoms with van der Waals surface area (Å²) >= 11 is 0.